The summed E-state index contributed by atoms with van der Waals surface area (Å²) in [6.07, 6.45) is -2.36. The molecule has 0 saturated carbocycles. The smallest absolute Gasteiger partial charge is 0.382 e. The summed E-state index contributed by atoms with van der Waals surface area (Å²) >= 11 is 0. The summed E-state index contributed by atoms with van der Waals surface area (Å²) in [6.45, 7) is 2.42. The maximum Gasteiger partial charge on any atom is 0.433 e. The number of amides is 1. The summed E-state index contributed by atoms with van der Waals surface area (Å²) in [4.78, 5) is 18.6. The van der Waals surface area contributed by atoms with Crippen LogP contribution in [0.4, 0.5) is 34.8 Å². The Morgan fingerprint density at radius 3 is 2.37 bits per heavy atom. The first kappa shape index (κ1) is 30.1. The Morgan fingerprint density at radius 2 is 1.76 bits per heavy atom. The van der Waals surface area contributed by atoms with Crippen molar-refractivity contribution in [2.75, 3.05) is 34.3 Å². The minimum atomic E-state index is -4.62. The van der Waals surface area contributed by atoms with E-state index in [1.807, 2.05) is 30.3 Å². The van der Waals surface area contributed by atoms with Crippen LogP contribution in [0.5, 0.6) is 0 Å². The van der Waals surface area contributed by atoms with Gasteiger partial charge in [-0.25, -0.2) is 17.8 Å². The summed E-state index contributed by atoms with van der Waals surface area (Å²) in [5, 5.41) is 6.16. The number of sulfonamides is 1. The van der Waals surface area contributed by atoms with E-state index in [4.69, 9.17) is 0 Å². The molecular weight excluding hydrogens is 562 g/mol. The lowest BCUT2D eigenvalue weighted by Gasteiger charge is -2.35. The highest BCUT2D eigenvalue weighted by atomic mass is 32.2. The lowest BCUT2D eigenvalue weighted by atomic mass is 9.99. The second kappa shape index (κ2) is 12.3. The van der Waals surface area contributed by atoms with Gasteiger partial charge in [-0.05, 0) is 55.7 Å². The average molecular weight is 594 g/mol. The van der Waals surface area contributed by atoms with E-state index in [-0.39, 0.29) is 24.1 Å². The zero-order chi connectivity index (χ0) is 29.8. The van der Waals surface area contributed by atoms with E-state index >= 15 is 0 Å². The van der Waals surface area contributed by atoms with Gasteiger partial charge in [0.1, 0.15) is 17.3 Å². The van der Waals surface area contributed by atoms with Crippen molar-refractivity contribution < 1.29 is 30.8 Å². The van der Waals surface area contributed by atoms with Crippen molar-refractivity contribution >= 4 is 33.1 Å². The Labute approximate surface area is 236 Å². The molecule has 1 saturated heterocycles. The molecule has 1 aliphatic heterocycles. The van der Waals surface area contributed by atoms with Gasteiger partial charge in [0.05, 0.1) is 17.9 Å². The van der Waals surface area contributed by atoms with Crippen LogP contribution in [0.2, 0.25) is 0 Å². The van der Waals surface area contributed by atoms with Gasteiger partial charge in [-0.1, -0.05) is 30.3 Å². The fraction of sp³-hybridized carbons (Fsp3) is 0.357. The molecule has 1 atom stereocenters. The molecule has 2 aromatic carbocycles. The molecule has 1 aromatic heterocycles. The fourth-order valence-corrected chi connectivity index (χ4v) is 5.19. The van der Waals surface area contributed by atoms with Crippen LogP contribution < -0.4 is 20.3 Å². The van der Waals surface area contributed by atoms with Gasteiger partial charge in [0.2, 0.25) is 15.9 Å². The Kier molecular flexibility index (Phi) is 9.05. The number of alkyl halides is 3. The molecule has 3 aromatic rings. The molecule has 220 valence electrons. The van der Waals surface area contributed by atoms with Crippen LogP contribution in [0.15, 0.2) is 60.7 Å². The molecule has 41 heavy (non-hydrogen) atoms. The van der Waals surface area contributed by atoms with Gasteiger partial charge in [-0.2, -0.15) is 13.2 Å². The second-order valence-electron chi connectivity index (χ2n) is 10.0. The zero-order valence-electron chi connectivity index (χ0n) is 22.5. The number of hydrogen-bond donors (Lipinski definition) is 3. The molecule has 0 aliphatic carbocycles. The van der Waals surface area contributed by atoms with Crippen molar-refractivity contribution in [2.45, 2.75) is 44.4 Å². The number of carbonyl (C=O) groups is 1. The van der Waals surface area contributed by atoms with Crippen LogP contribution in [-0.2, 0) is 27.5 Å². The molecule has 4 rings (SSSR count). The third-order valence-electron chi connectivity index (χ3n) is 6.82. The molecule has 8 nitrogen and oxygen atoms in total. The van der Waals surface area contributed by atoms with Crippen LogP contribution in [0.25, 0.3) is 0 Å². The van der Waals surface area contributed by atoms with Gasteiger partial charge < -0.3 is 15.5 Å². The molecule has 1 fully saturated rings. The number of hydrogen-bond acceptors (Lipinski definition) is 6. The van der Waals surface area contributed by atoms with E-state index in [1.54, 1.807) is 11.8 Å². The van der Waals surface area contributed by atoms with Crippen molar-refractivity contribution in [1.82, 2.24) is 10.3 Å². The number of halogens is 4. The Bertz CT molecular complexity index is 1480. The molecule has 0 spiro atoms. The van der Waals surface area contributed by atoms with E-state index in [2.05, 4.69) is 20.3 Å². The number of piperidine rings is 1. The monoisotopic (exact) mass is 593 g/mol. The van der Waals surface area contributed by atoms with Gasteiger partial charge in [-0.15, -0.1) is 0 Å². The van der Waals surface area contributed by atoms with Crippen molar-refractivity contribution in [2.24, 2.45) is 0 Å². The number of nitrogens with zero attached hydrogens (tertiary/aromatic N) is 2. The summed E-state index contributed by atoms with van der Waals surface area (Å²) < 4.78 is 79.8. The number of benzene rings is 2. The van der Waals surface area contributed by atoms with Gasteiger partial charge in [0.15, 0.2) is 0 Å². The number of carbonyl (C=O) groups excluding carboxylic acids is 1. The number of rotatable bonds is 9. The number of para-hydroxylation sites is 1. The van der Waals surface area contributed by atoms with Crippen molar-refractivity contribution in [3.63, 3.8) is 0 Å². The minimum absolute atomic E-state index is 0.0813. The number of anilines is 3. The molecule has 1 amide bonds. The van der Waals surface area contributed by atoms with E-state index in [0.717, 1.165) is 24.1 Å². The van der Waals surface area contributed by atoms with Gasteiger partial charge in [-0.3, -0.25) is 9.52 Å². The highest BCUT2D eigenvalue weighted by Gasteiger charge is 2.34. The first-order valence-corrected chi connectivity index (χ1v) is 14.9. The van der Waals surface area contributed by atoms with E-state index in [0.29, 0.717) is 37.1 Å². The van der Waals surface area contributed by atoms with Crippen LogP contribution >= 0.6 is 0 Å². The summed E-state index contributed by atoms with van der Waals surface area (Å²) in [5.41, 5.74) is 0.442. The topological polar surface area (TPSA) is 103 Å². The Hall–Kier alpha value is -3.87. The lowest BCUT2D eigenvalue weighted by Crippen LogP contribution is -2.40. The maximum absolute atomic E-state index is 14.4. The maximum atomic E-state index is 14.4. The predicted molar refractivity (Wildman–Crippen MR) is 150 cm³/mol. The van der Waals surface area contributed by atoms with E-state index < -0.39 is 39.5 Å². The van der Waals surface area contributed by atoms with Crippen molar-refractivity contribution in [3.05, 3.63) is 83.3 Å². The summed E-state index contributed by atoms with van der Waals surface area (Å²) in [7, 11) is -3.68. The first-order valence-electron chi connectivity index (χ1n) is 13.0. The standard InChI is InChI=1S/C28H31F4N5O3S/c1-18(19-8-10-24(23(29)16-19)36-41(2,39)40)27(38)33-17-20-9-11-25(28(30,31)32)35-26(20)37-14-12-22(13-15-37)34-21-6-4-3-5-7-21/h3-11,16,18,22,34,36H,12-15,17H2,1-2H3,(H,33,38). The third-order valence-corrected chi connectivity index (χ3v) is 7.41. The molecule has 3 N–H and O–H groups in total. The summed E-state index contributed by atoms with van der Waals surface area (Å²) in [6, 6.07) is 15.8. The van der Waals surface area contributed by atoms with Gasteiger partial charge >= 0.3 is 6.18 Å². The molecule has 1 aliphatic rings. The zero-order valence-corrected chi connectivity index (χ0v) is 23.3. The Balaban J connectivity index is 1.45. The molecule has 2 heterocycles. The van der Waals surface area contributed by atoms with Crippen LogP contribution in [-0.4, -0.2) is 44.7 Å². The number of nitrogens with one attached hydrogen (secondary N) is 3. The molecule has 1 unspecified atom stereocenters. The third kappa shape index (κ3) is 8.09. The Morgan fingerprint density at radius 1 is 1.07 bits per heavy atom. The average Bonchev–Trinajstić information content (AvgIpc) is 2.92. The SMILES string of the molecule is CC(C(=O)NCc1ccc(C(F)(F)F)nc1N1CCC(Nc2ccccc2)CC1)c1ccc(NS(C)(=O)=O)c(F)c1. The lowest BCUT2D eigenvalue weighted by molar-refractivity contribution is -0.141. The van der Waals surface area contributed by atoms with Crippen LogP contribution in [0.3, 0.4) is 0 Å². The normalized spacial score (nSPS) is 15.3. The van der Waals surface area contributed by atoms with Crippen LogP contribution in [0.1, 0.15) is 42.5 Å². The molecule has 0 radical (unpaired) electrons. The first-order chi connectivity index (χ1) is 19.3. The predicted octanol–water partition coefficient (Wildman–Crippen LogP) is 5.11. The quantitative estimate of drug-likeness (QED) is 0.298. The minimum Gasteiger partial charge on any atom is -0.382 e. The highest BCUT2D eigenvalue weighted by molar-refractivity contribution is 7.92. The summed E-state index contributed by atoms with van der Waals surface area (Å²) in [5.74, 6) is -1.98. The van der Waals surface area contributed by atoms with Gasteiger partial charge in [0, 0.05) is 36.9 Å². The number of aromatic nitrogens is 1. The molecular formula is C28H31F4N5O3S. The highest BCUT2D eigenvalue weighted by Crippen LogP contribution is 2.32. The van der Waals surface area contributed by atoms with Crippen molar-refractivity contribution in [3.8, 4) is 0 Å². The van der Waals surface area contributed by atoms with E-state index in [1.165, 1.54) is 18.2 Å². The fourth-order valence-electron chi connectivity index (χ4n) is 4.62. The van der Waals surface area contributed by atoms with Crippen LogP contribution in [0, 0.1) is 5.82 Å². The second-order valence-corrected chi connectivity index (χ2v) is 11.8. The molecule has 0 bridgehead atoms. The molecule has 13 heteroatoms. The van der Waals surface area contributed by atoms with Gasteiger partial charge in [0.25, 0.3) is 0 Å². The van der Waals surface area contributed by atoms with E-state index in [9.17, 15) is 30.8 Å². The number of pyridine rings is 1. The largest absolute Gasteiger partial charge is 0.433 e. The van der Waals surface area contributed by atoms with Crippen molar-refractivity contribution in [1.29, 1.82) is 0 Å².